The normalized spacial score (nSPS) is 17.1. The fraction of sp³-hybridized carbons (Fsp3) is 0.300. The lowest BCUT2D eigenvalue weighted by atomic mass is 10.1. The molecule has 138 valence electrons. The molecule has 1 unspecified atom stereocenters. The summed E-state index contributed by atoms with van der Waals surface area (Å²) in [5.74, 6) is 0.312. The SMILES string of the molecule is Cc1ccc2c(=O)cc(C(=O)NC3CCCN(c4ncccn4)C3)oc2c1. The van der Waals surface area contributed by atoms with Crippen molar-refractivity contribution in [2.24, 2.45) is 0 Å². The Morgan fingerprint density at radius 1 is 1.26 bits per heavy atom. The third-order valence-corrected chi connectivity index (χ3v) is 4.70. The summed E-state index contributed by atoms with van der Waals surface area (Å²) in [7, 11) is 0. The van der Waals surface area contributed by atoms with Crippen LogP contribution in [0.1, 0.15) is 29.0 Å². The molecule has 3 aromatic rings. The van der Waals surface area contributed by atoms with Crippen LogP contribution in [0.2, 0.25) is 0 Å². The van der Waals surface area contributed by atoms with Crippen molar-refractivity contribution in [3.63, 3.8) is 0 Å². The molecule has 1 aliphatic heterocycles. The Labute approximate surface area is 156 Å². The summed E-state index contributed by atoms with van der Waals surface area (Å²) in [6.07, 6.45) is 5.18. The molecule has 0 spiro atoms. The van der Waals surface area contributed by atoms with E-state index in [1.807, 2.05) is 17.9 Å². The standard InChI is InChI=1S/C20H20N4O3/c1-13-5-6-15-16(25)11-18(27-17(15)10-13)19(26)23-14-4-2-9-24(12-14)20-21-7-3-8-22-20/h3,5-8,10-11,14H,2,4,9,12H2,1H3,(H,23,26). The molecule has 3 heterocycles. The summed E-state index contributed by atoms with van der Waals surface area (Å²) in [5.41, 5.74) is 1.17. The molecule has 1 atom stereocenters. The number of aromatic nitrogens is 2. The first-order valence-corrected chi connectivity index (χ1v) is 8.97. The highest BCUT2D eigenvalue weighted by Crippen LogP contribution is 2.17. The Balaban J connectivity index is 1.52. The minimum absolute atomic E-state index is 0.0335. The molecule has 0 bridgehead atoms. The molecular formula is C20H20N4O3. The fourth-order valence-electron chi connectivity index (χ4n) is 3.36. The molecule has 1 aliphatic rings. The summed E-state index contributed by atoms with van der Waals surface area (Å²) < 4.78 is 5.69. The van der Waals surface area contributed by atoms with Gasteiger partial charge in [-0.1, -0.05) is 6.07 Å². The van der Waals surface area contributed by atoms with Crippen molar-refractivity contribution in [2.45, 2.75) is 25.8 Å². The van der Waals surface area contributed by atoms with Gasteiger partial charge >= 0.3 is 0 Å². The van der Waals surface area contributed by atoms with Crippen molar-refractivity contribution in [3.8, 4) is 0 Å². The van der Waals surface area contributed by atoms with Crippen molar-refractivity contribution in [1.29, 1.82) is 0 Å². The van der Waals surface area contributed by atoms with E-state index in [9.17, 15) is 9.59 Å². The second-order valence-corrected chi connectivity index (χ2v) is 6.78. The van der Waals surface area contributed by atoms with Crippen LogP contribution in [-0.2, 0) is 0 Å². The first kappa shape index (κ1) is 17.2. The highest BCUT2D eigenvalue weighted by atomic mass is 16.3. The van der Waals surface area contributed by atoms with Crippen LogP contribution < -0.4 is 15.6 Å². The Hall–Kier alpha value is -3.22. The molecule has 0 aliphatic carbocycles. The van der Waals surface area contributed by atoms with Crippen LogP contribution in [0, 0.1) is 6.92 Å². The van der Waals surface area contributed by atoms with E-state index in [1.165, 1.54) is 6.07 Å². The number of aryl methyl sites for hydroxylation is 1. The van der Waals surface area contributed by atoms with Crippen LogP contribution in [0.5, 0.6) is 0 Å². The predicted molar refractivity (Wildman–Crippen MR) is 102 cm³/mol. The molecular weight excluding hydrogens is 344 g/mol. The molecule has 1 amide bonds. The van der Waals surface area contributed by atoms with Crippen LogP contribution in [0.4, 0.5) is 5.95 Å². The lowest BCUT2D eigenvalue weighted by Crippen LogP contribution is -2.48. The number of fused-ring (bicyclic) bond motifs is 1. The monoisotopic (exact) mass is 364 g/mol. The van der Waals surface area contributed by atoms with Crippen molar-refractivity contribution in [2.75, 3.05) is 18.0 Å². The van der Waals surface area contributed by atoms with Gasteiger partial charge < -0.3 is 14.6 Å². The van der Waals surface area contributed by atoms with Crippen LogP contribution in [-0.4, -0.2) is 35.0 Å². The molecule has 0 saturated carbocycles. The second kappa shape index (κ2) is 7.19. The lowest BCUT2D eigenvalue weighted by Gasteiger charge is -2.32. The lowest BCUT2D eigenvalue weighted by molar-refractivity contribution is 0.0905. The van der Waals surface area contributed by atoms with E-state index in [2.05, 4.69) is 15.3 Å². The number of nitrogens with zero attached hydrogens (tertiary/aromatic N) is 3. The van der Waals surface area contributed by atoms with Gasteiger partial charge in [0.2, 0.25) is 5.95 Å². The largest absolute Gasteiger partial charge is 0.451 e. The summed E-state index contributed by atoms with van der Waals surface area (Å²) in [6, 6.07) is 8.30. The smallest absolute Gasteiger partial charge is 0.287 e. The number of rotatable bonds is 3. The first-order valence-electron chi connectivity index (χ1n) is 8.97. The van der Waals surface area contributed by atoms with Gasteiger partial charge in [0.25, 0.3) is 5.91 Å². The highest BCUT2D eigenvalue weighted by Gasteiger charge is 2.24. The van der Waals surface area contributed by atoms with Gasteiger partial charge in [0.15, 0.2) is 11.2 Å². The van der Waals surface area contributed by atoms with E-state index in [4.69, 9.17) is 4.42 Å². The van der Waals surface area contributed by atoms with Gasteiger partial charge in [0.05, 0.1) is 5.39 Å². The van der Waals surface area contributed by atoms with Crippen molar-refractivity contribution < 1.29 is 9.21 Å². The molecule has 1 aromatic carbocycles. The summed E-state index contributed by atoms with van der Waals surface area (Å²) in [5, 5.41) is 3.45. The third-order valence-electron chi connectivity index (χ3n) is 4.70. The van der Waals surface area contributed by atoms with Gasteiger partial charge in [0, 0.05) is 37.6 Å². The van der Waals surface area contributed by atoms with Gasteiger partial charge in [-0.3, -0.25) is 9.59 Å². The summed E-state index contributed by atoms with van der Waals surface area (Å²) in [6.45, 7) is 3.38. The van der Waals surface area contributed by atoms with E-state index >= 15 is 0 Å². The maximum atomic E-state index is 12.6. The Morgan fingerprint density at radius 3 is 2.89 bits per heavy atom. The Bertz CT molecular complexity index is 1030. The quantitative estimate of drug-likeness (QED) is 0.767. The minimum atomic E-state index is -0.378. The number of benzene rings is 1. The van der Waals surface area contributed by atoms with Gasteiger partial charge in [-0.25, -0.2) is 9.97 Å². The van der Waals surface area contributed by atoms with E-state index in [1.54, 1.807) is 30.6 Å². The molecule has 1 fully saturated rings. The Morgan fingerprint density at radius 2 is 2.07 bits per heavy atom. The van der Waals surface area contributed by atoms with Crippen LogP contribution in [0.3, 0.4) is 0 Å². The molecule has 2 aromatic heterocycles. The van der Waals surface area contributed by atoms with E-state index < -0.39 is 0 Å². The minimum Gasteiger partial charge on any atom is -0.451 e. The second-order valence-electron chi connectivity index (χ2n) is 6.78. The zero-order valence-electron chi connectivity index (χ0n) is 15.0. The first-order chi connectivity index (χ1) is 13.1. The number of anilines is 1. The predicted octanol–water partition coefficient (Wildman–Crippen LogP) is 2.29. The highest BCUT2D eigenvalue weighted by molar-refractivity contribution is 5.93. The van der Waals surface area contributed by atoms with Crippen LogP contribution >= 0.6 is 0 Å². The number of nitrogens with one attached hydrogen (secondary N) is 1. The van der Waals surface area contributed by atoms with Gasteiger partial charge in [0.1, 0.15) is 5.58 Å². The molecule has 0 radical (unpaired) electrons. The number of piperidine rings is 1. The van der Waals surface area contributed by atoms with Crippen molar-refractivity contribution in [1.82, 2.24) is 15.3 Å². The number of carbonyl (C=O) groups is 1. The van der Waals surface area contributed by atoms with Crippen molar-refractivity contribution >= 4 is 22.8 Å². The van der Waals surface area contributed by atoms with Gasteiger partial charge in [-0.15, -0.1) is 0 Å². The molecule has 1 saturated heterocycles. The summed E-state index contributed by atoms with van der Waals surface area (Å²) >= 11 is 0. The molecule has 1 N–H and O–H groups in total. The zero-order chi connectivity index (χ0) is 18.8. The fourth-order valence-corrected chi connectivity index (χ4v) is 3.36. The van der Waals surface area contributed by atoms with E-state index in [-0.39, 0.29) is 23.1 Å². The zero-order valence-corrected chi connectivity index (χ0v) is 15.0. The number of hydrogen-bond donors (Lipinski definition) is 1. The van der Waals surface area contributed by atoms with Crippen molar-refractivity contribution in [3.05, 3.63) is 64.3 Å². The number of carbonyl (C=O) groups excluding carboxylic acids is 1. The maximum absolute atomic E-state index is 12.6. The van der Waals surface area contributed by atoms with Gasteiger partial charge in [-0.05, 0) is 43.5 Å². The number of amides is 1. The van der Waals surface area contributed by atoms with E-state index in [0.29, 0.717) is 23.5 Å². The molecule has 27 heavy (non-hydrogen) atoms. The topological polar surface area (TPSA) is 88.3 Å². The molecule has 4 rings (SSSR count). The van der Waals surface area contributed by atoms with Gasteiger partial charge in [-0.2, -0.15) is 0 Å². The average Bonchev–Trinajstić information content (AvgIpc) is 2.68. The third kappa shape index (κ3) is 3.67. The maximum Gasteiger partial charge on any atom is 0.287 e. The van der Waals surface area contributed by atoms with Crippen LogP contribution in [0.15, 0.2) is 51.9 Å². The summed E-state index contributed by atoms with van der Waals surface area (Å²) in [4.78, 5) is 35.5. The molecule has 7 nitrogen and oxygen atoms in total. The number of hydrogen-bond acceptors (Lipinski definition) is 6. The molecule has 7 heteroatoms. The van der Waals surface area contributed by atoms with Crippen LogP contribution in [0.25, 0.3) is 11.0 Å². The average molecular weight is 364 g/mol. The van der Waals surface area contributed by atoms with E-state index in [0.717, 1.165) is 24.9 Å². The Kier molecular flexibility index (Phi) is 4.58.